The predicted octanol–water partition coefficient (Wildman–Crippen LogP) is 3.11. The fourth-order valence-corrected chi connectivity index (χ4v) is 2.54. The number of halogens is 1. The van der Waals surface area contributed by atoms with Crippen molar-refractivity contribution in [2.75, 3.05) is 25.7 Å². The first-order valence-corrected chi connectivity index (χ1v) is 7.00. The Bertz CT molecular complexity index is 90.8. The molecule has 0 saturated carbocycles. The molecular weight excluding hydrogens is 134 g/mol. The molecule has 0 aliphatic rings. The van der Waals surface area contributed by atoms with Crippen molar-refractivity contribution >= 4 is 6.91 Å². The Labute approximate surface area is 57.9 Å². The van der Waals surface area contributed by atoms with Gasteiger partial charge < -0.3 is 0 Å². The molecule has 0 bridgehead atoms. The van der Waals surface area contributed by atoms with Gasteiger partial charge in [0.15, 0.2) is 0 Å². The molecular formula is C7H18FP. The molecule has 0 rings (SSSR count). The molecule has 0 fully saturated rings. The van der Waals surface area contributed by atoms with Gasteiger partial charge in [-0.1, -0.05) is 0 Å². The molecule has 0 atom stereocenters. The molecule has 0 unspecified atom stereocenters. The third-order valence-electron chi connectivity index (χ3n) is 1.89. The Hall–Kier alpha value is 0.360. The summed E-state index contributed by atoms with van der Waals surface area (Å²) in [7, 11) is 0. The average molecular weight is 152 g/mol. The van der Waals surface area contributed by atoms with Crippen LogP contribution in [0.15, 0.2) is 0 Å². The van der Waals surface area contributed by atoms with E-state index in [0.29, 0.717) is 0 Å². The summed E-state index contributed by atoms with van der Waals surface area (Å²) in [6.45, 7) is 5.00. The second-order valence-electron chi connectivity index (χ2n) is 3.55. The van der Waals surface area contributed by atoms with Crippen molar-refractivity contribution in [3.05, 3.63) is 0 Å². The van der Waals surface area contributed by atoms with Gasteiger partial charge in [0.2, 0.25) is 0 Å². The second-order valence-corrected chi connectivity index (χ2v) is 9.66. The van der Waals surface area contributed by atoms with E-state index in [0.717, 1.165) is 18.7 Å². The number of rotatable bonds is 3. The summed E-state index contributed by atoms with van der Waals surface area (Å²) in [5.41, 5.74) is 0. The van der Waals surface area contributed by atoms with Crippen LogP contribution < -0.4 is 0 Å². The molecule has 0 aromatic rings. The zero-order valence-corrected chi connectivity index (χ0v) is 7.84. The molecule has 0 aliphatic carbocycles. The minimum absolute atomic E-state index is 0.736. The van der Waals surface area contributed by atoms with Crippen molar-refractivity contribution in [1.82, 2.24) is 0 Å². The molecule has 0 spiro atoms. The van der Waals surface area contributed by atoms with Gasteiger partial charge in [0, 0.05) is 0 Å². The normalized spacial score (nSPS) is 16.8. The number of hydrogen-bond donors (Lipinski definition) is 0. The Morgan fingerprint density at radius 3 is 1.78 bits per heavy atom. The van der Waals surface area contributed by atoms with Crippen molar-refractivity contribution in [2.24, 2.45) is 0 Å². The van der Waals surface area contributed by atoms with Crippen LogP contribution in [0.3, 0.4) is 0 Å². The van der Waals surface area contributed by atoms with E-state index in [1.54, 1.807) is 0 Å². The van der Waals surface area contributed by atoms with Gasteiger partial charge in [-0.3, -0.25) is 0 Å². The summed E-state index contributed by atoms with van der Waals surface area (Å²) in [5.74, 6) is 0. The maximum absolute atomic E-state index is 13.6. The van der Waals surface area contributed by atoms with Crippen LogP contribution in [0, 0.1) is 0 Å². The summed E-state index contributed by atoms with van der Waals surface area (Å²) < 4.78 is 13.6. The Morgan fingerprint density at radius 1 is 1.22 bits per heavy atom. The summed E-state index contributed by atoms with van der Waals surface area (Å²) in [5, 5.41) is 0. The van der Waals surface area contributed by atoms with Crippen molar-refractivity contribution in [2.45, 2.75) is 20.3 Å². The molecule has 0 nitrogen and oxygen atoms in total. The predicted molar refractivity (Wildman–Crippen MR) is 45.6 cm³/mol. The summed E-state index contributed by atoms with van der Waals surface area (Å²) >= 11 is 0. The summed E-state index contributed by atoms with van der Waals surface area (Å²) in [6.07, 6.45) is 2.51. The Balaban J connectivity index is 3.95. The Morgan fingerprint density at radius 2 is 1.67 bits per heavy atom. The molecule has 0 radical (unpaired) electrons. The van der Waals surface area contributed by atoms with Gasteiger partial charge in [-0.25, -0.2) is 0 Å². The van der Waals surface area contributed by atoms with Crippen LogP contribution in [-0.2, 0) is 0 Å². The molecule has 0 aromatic carbocycles. The van der Waals surface area contributed by atoms with Crippen LogP contribution in [-0.4, -0.2) is 25.7 Å². The minimum atomic E-state index is -2.63. The van der Waals surface area contributed by atoms with Crippen molar-refractivity contribution < 1.29 is 4.20 Å². The van der Waals surface area contributed by atoms with E-state index >= 15 is 0 Å². The second kappa shape index (κ2) is 2.54. The monoisotopic (exact) mass is 152 g/mol. The van der Waals surface area contributed by atoms with Crippen LogP contribution in [0.25, 0.3) is 0 Å². The first kappa shape index (κ1) is 9.36. The van der Waals surface area contributed by atoms with E-state index < -0.39 is 6.91 Å². The van der Waals surface area contributed by atoms with E-state index in [9.17, 15) is 4.20 Å². The van der Waals surface area contributed by atoms with Crippen molar-refractivity contribution in [3.8, 4) is 0 Å². The van der Waals surface area contributed by atoms with Crippen LogP contribution >= 0.6 is 6.91 Å². The van der Waals surface area contributed by atoms with Gasteiger partial charge in [0.25, 0.3) is 0 Å². The van der Waals surface area contributed by atoms with E-state index in [-0.39, 0.29) is 0 Å². The van der Waals surface area contributed by atoms with E-state index in [1.807, 2.05) is 27.2 Å². The van der Waals surface area contributed by atoms with E-state index in [2.05, 4.69) is 0 Å². The molecule has 0 aliphatic heterocycles. The van der Waals surface area contributed by atoms with Gasteiger partial charge in [-0.05, 0) is 0 Å². The standard InChI is InChI=1S/C7H18FP/c1-5-7-9(3,4,8)6-2/h5-7H2,1-4H3. The molecule has 0 amide bonds. The summed E-state index contributed by atoms with van der Waals surface area (Å²) in [6, 6.07) is 0. The summed E-state index contributed by atoms with van der Waals surface area (Å²) in [4.78, 5) is 0. The average Bonchev–Trinajstić information content (AvgIpc) is 1.66. The van der Waals surface area contributed by atoms with Gasteiger partial charge in [-0.15, -0.1) is 0 Å². The molecule has 0 aromatic heterocycles. The third-order valence-corrected chi connectivity index (χ3v) is 5.67. The van der Waals surface area contributed by atoms with Gasteiger partial charge in [0.1, 0.15) is 0 Å². The van der Waals surface area contributed by atoms with E-state index in [1.165, 1.54) is 0 Å². The van der Waals surface area contributed by atoms with Gasteiger partial charge in [-0.2, -0.15) is 0 Å². The SMILES string of the molecule is CCCP(C)(C)(F)CC. The molecule has 58 valence electrons. The van der Waals surface area contributed by atoms with E-state index in [4.69, 9.17) is 0 Å². The third kappa shape index (κ3) is 3.86. The van der Waals surface area contributed by atoms with Crippen molar-refractivity contribution in [3.63, 3.8) is 0 Å². The quantitative estimate of drug-likeness (QED) is 0.545. The molecule has 2 heteroatoms. The zero-order chi connectivity index (χ0) is 7.57. The van der Waals surface area contributed by atoms with Crippen molar-refractivity contribution in [1.29, 1.82) is 0 Å². The molecule has 0 N–H and O–H groups in total. The topological polar surface area (TPSA) is 0 Å². The van der Waals surface area contributed by atoms with Crippen LogP contribution in [0.1, 0.15) is 20.3 Å². The first-order valence-electron chi connectivity index (χ1n) is 3.61. The van der Waals surface area contributed by atoms with Gasteiger partial charge >= 0.3 is 57.0 Å². The van der Waals surface area contributed by atoms with Crippen LogP contribution in [0.4, 0.5) is 4.20 Å². The fraction of sp³-hybridized carbons (Fsp3) is 1.00. The molecule has 0 saturated heterocycles. The maximum atomic E-state index is 13.6. The number of hydrogen-bond acceptors (Lipinski definition) is 0. The fourth-order valence-electron chi connectivity index (χ4n) is 0.848. The van der Waals surface area contributed by atoms with Crippen LogP contribution in [0.2, 0.25) is 0 Å². The molecule has 9 heavy (non-hydrogen) atoms. The zero-order valence-electron chi connectivity index (χ0n) is 6.95. The van der Waals surface area contributed by atoms with Gasteiger partial charge in [0.05, 0.1) is 0 Å². The van der Waals surface area contributed by atoms with Crippen LogP contribution in [0.5, 0.6) is 0 Å². The molecule has 0 heterocycles. The Kier molecular flexibility index (Phi) is 2.64. The first-order chi connectivity index (χ1) is 3.89.